The molecule has 0 amide bonds. The zero-order chi connectivity index (χ0) is 19.8. The summed E-state index contributed by atoms with van der Waals surface area (Å²) < 4.78 is 12.6. The van der Waals surface area contributed by atoms with E-state index >= 15 is 0 Å². The molecule has 1 saturated heterocycles. The van der Waals surface area contributed by atoms with Crippen molar-refractivity contribution < 1.29 is 9.47 Å². The van der Waals surface area contributed by atoms with Crippen LogP contribution in [-0.2, 0) is 6.54 Å². The first-order valence-electron chi connectivity index (χ1n) is 9.53. The molecule has 3 aromatic rings. The molecule has 3 heterocycles. The molecule has 0 unspecified atom stereocenters. The Morgan fingerprint density at radius 3 is 2.61 bits per heavy atom. The van der Waals surface area contributed by atoms with E-state index in [4.69, 9.17) is 9.47 Å². The maximum Gasteiger partial charge on any atom is 0.275 e. The minimum Gasteiger partial charge on any atom is -0.496 e. The number of aromatic amines is 1. The Morgan fingerprint density at radius 2 is 1.93 bits per heavy atom. The summed E-state index contributed by atoms with van der Waals surface area (Å²) in [6.45, 7) is 6.33. The molecule has 0 aliphatic carbocycles. The summed E-state index contributed by atoms with van der Waals surface area (Å²) in [4.78, 5) is 19.4. The number of hydrogen-bond donors (Lipinski definition) is 1. The molecule has 4 rings (SSSR count). The van der Waals surface area contributed by atoms with E-state index in [-0.39, 0.29) is 5.56 Å². The molecule has 0 radical (unpaired) electrons. The molecule has 1 N–H and O–H groups in total. The lowest BCUT2D eigenvalue weighted by molar-refractivity contribution is 0.305. The predicted molar refractivity (Wildman–Crippen MR) is 107 cm³/mol. The largest absolute Gasteiger partial charge is 0.496 e. The first-order chi connectivity index (χ1) is 13.5. The SMILES string of the molecule is COc1cccc(OC)c1CN1CC[C@@H](c2cc3nc(C)c(C)c(=O)n3[nH]2)C1. The molecule has 0 saturated carbocycles. The van der Waals surface area contributed by atoms with Crippen molar-refractivity contribution >= 4 is 5.65 Å². The van der Waals surface area contributed by atoms with Crippen molar-refractivity contribution in [3.63, 3.8) is 0 Å². The van der Waals surface area contributed by atoms with Gasteiger partial charge in [0.25, 0.3) is 5.56 Å². The summed E-state index contributed by atoms with van der Waals surface area (Å²) in [5.74, 6) is 2.02. The van der Waals surface area contributed by atoms with Crippen molar-refractivity contribution in [1.29, 1.82) is 0 Å². The number of fused-ring (bicyclic) bond motifs is 1. The van der Waals surface area contributed by atoms with Crippen molar-refractivity contribution in [3.8, 4) is 11.5 Å². The molecular weight excluding hydrogens is 356 g/mol. The van der Waals surface area contributed by atoms with E-state index in [1.807, 2.05) is 38.1 Å². The van der Waals surface area contributed by atoms with Gasteiger partial charge in [-0.2, -0.15) is 0 Å². The Labute approximate surface area is 163 Å². The summed E-state index contributed by atoms with van der Waals surface area (Å²) in [5, 5.41) is 3.27. The summed E-state index contributed by atoms with van der Waals surface area (Å²) in [7, 11) is 3.37. The number of aryl methyl sites for hydroxylation is 1. The fourth-order valence-corrected chi connectivity index (χ4v) is 3.98. The van der Waals surface area contributed by atoms with Crippen LogP contribution in [0.15, 0.2) is 29.1 Å². The summed E-state index contributed by atoms with van der Waals surface area (Å²) in [5.41, 5.74) is 4.25. The quantitative estimate of drug-likeness (QED) is 0.735. The van der Waals surface area contributed by atoms with Crippen LogP contribution in [0.3, 0.4) is 0 Å². The van der Waals surface area contributed by atoms with E-state index in [9.17, 15) is 4.79 Å². The Morgan fingerprint density at radius 1 is 1.21 bits per heavy atom. The molecule has 1 atom stereocenters. The standard InChI is InChI=1S/C21H26N4O3/c1-13-14(2)22-20-10-17(23-25(20)21(13)26)15-8-9-24(11-15)12-16-18(27-3)6-5-7-19(16)28-4/h5-7,10,15,23H,8-9,11-12H2,1-4H3/t15-/m1/s1. The Bertz CT molecular complexity index is 1050. The van der Waals surface area contributed by atoms with Gasteiger partial charge in [0.15, 0.2) is 5.65 Å². The van der Waals surface area contributed by atoms with E-state index < -0.39 is 0 Å². The Balaban J connectivity index is 1.56. The molecular formula is C21H26N4O3. The lowest BCUT2D eigenvalue weighted by Crippen LogP contribution is -2.21. The summed E-state index contributed by atoms with van der Waals surface area (Å²) >= 11 is 0. The average molecular weight is 382 g/mol. The molecule has 1 aliphatic rings. The second-order valence-electron chi connectivity index (χ2n) is 7.39. The van der Waals surface area contributed by atoms with Gasteiger partial charge in [-0.15, -0.1) is 0 Å². The molecule has 7 heteroatoms. The van der Waals surface area contributed by atoms with E-state index in [2.05, 4.69) is 15.0 Å². The highest BCUT2D eigenvalue weighted by Gasteiger charge is 2.27. The zero-order valence-electron chi connectivity index (χ0n) is 16.8. The molecule has 7 nitrogen and oxygen atoms in total. The van der Waals surface area contributed by atoms with Crippen LogP contribution in [-0.4, -0.2) is 46.8 Å². The van der Waals surface area contributed by atoms with Crippen LogP contribution < -0.4 is 15.0 Å². The minimum atomic E-state index is -0.0256. The van der Waals surface area contributed by atoms with Crippen LogP contribution in [0.4, 0.5) is 0 Å². The van der Waals surface area contributed by atoms with Crippen molar-refractivity contribution in [1.82, 2.24) is 19.5 Å². The molecule has 1 fully saturated rings. The van der Waals surface area contributed by atoms with E-state index in [1.54, 1.807) is 18.7 Å². The van der Waals surface area contributed by atoms with Crippen LogP contribution in [0.5, 0.6) is 11.5 Å². The first kappa shape index (κ1) is 18.6. The molecule has 28 heavy (non-hydrogen) atoms. The lowest BCUT2D eigenvalue weighted by Gasteiger charge is -2.19. The van der Waals surface area contributed by atoms with Crippen molar-refractivity contribution in [2.75, 3.05) is 27.3 Å². The Hall–Kier alpha value is -2.80. The van der Waals surface area contributed by atoms with Gasteiger partial charge in [-0.1, -0.05) is 6.07 Å². The number of methoxy groups -OCH3 is 2. The van der Waals surface area contributed by atoms with Crippen LogP contribution in [0.2, 0.25) is 0 Å². The normalized spacial score (nSPS) is 17.4. The second-order valence-corrected chi connectivity index (χ2v) is 7.39. The topological polar surface area (TPSA) is 71.9 Å². The highest BCUT2D eigenvalue weighted by Crippen LogP contribution is 2.33. The van der Waals surface area contributed by atoms with Crippen molar-refractivity contribution in [2.45, 2.75) is 32.7 Å². The average Bonchev–Trinajstić information content (AvgIpc) is 3.33. The van der Waals surface area contributed by atoms with Crippen LogP contribution in [0.1, 0.15) is 34.9 Å². The van der Waals surface area contributed by atoms with Crippen LogP contribution in [0.25, 0.3) is 5.65 Å². The molecule has 1 aliphatic heterocycles. The van der Waals surface area contributed by atoms with E-state index in [0.717, 1.165) is 54.5 Å². The minimum absolute atomic E-state index is 0.0256. The number of ether oxygens (including phenoxy) is 2. The van der Waals surface area contributed by atoms with E-state index in [1.165, 1.54) is 0 Å². The monoisotopic (exact) mass is 382 g/mol. The van der Waals surface area contributed by atoms with Gasteiger partial charge in [0.1, 0.15) is 11.5 Å². The van der Waals surface area contributed by atoms with Gasteiger partial charge >= 0.3 is 0 Å². The van der Waals surface area contributed by atoms with Gasteiger partial charge in [0, 0.05) is 42.0 Å². The fraction of sp³-hybridized carbons (Fsp3) is 0.429. The van der Waals surface area contributed by atoms with Gasteiger partial charge in [0.05, 0.1) is 19.8 Å². The fourth-order valence-electron chi connectivity index (χ4n) is 3.98. The van der Waals surface area contributed by atoms with Crippen molar-refractivity contribution in [2.24, 2.45) is 0 Å². The van der Waals surface area contributed by atoms with Gasteiger partial charge in [0.2, 0.25) is 0 Å². The number of nitrogens with zero attached hydrogens (tertiary/aromatic N) is 3. The third-order valence-corrected chi connectivity index (χ3v) is 5.73. The maximum absolute atomic E-state index is 12.5. The smallest absolute Gasteiger partial charge is 0.275 e. The van der Waals surface area contributed by atoms with Gasteiger partial charge in [-0.25, -0.2) is 9.50 Å². The lowest BCUT2D eigenvalue weighted by atomic mass is 10.1. The molecule has 0 bridgehead atoms. The van der Waals surface area contributed by atoms with Crippen LogP contribution in [0, 0.1) is 13.8 Å². The van der Waals surface area contributed by atoms with Gasteiger partial charge in [-0.05, 0) is 38.9 Å². The number of H-pyrrole nitrogens is 1. The molecule has 148 valence electrons. The highest BCUT2D eigenvalue weighted by molar-refractivity contribution is 5.45. The van der Waals surface area contributed by atoms with Crippen molar-refractivity contribution in [3.05, 3.63) is 57.1 Å². The number of hydrogen-bond acceptors (Lipinski definition) is 5. The third-order valence-electron chi connectivity index (χ3n) is 5.73. The zero-order valence-corrected chi connectivity index (χ0v) is 16.8. The number of aromatic nitrogens is 3. The van der Waals surface area contributed by atoms with Gasteiger partial charge in [-0.3, -0.25) is 14.8 Å². The molecule has 0 spiro atoms. The van der Waals surface area contributed by atoms with E-state index in [0.29, 0.717) is 17.1 Å². The predicted octanol–water partition coefficient (Wildman–Crippen LogP) is 2.65. The molecule has 2 aromatic heterocycles. The number of nitrogens with one attached hydrogen (secondary N) is 1. The maximum atomic E-state index is 12.5. The number of rotatable bonds is 5. The van der Waals surface area contributed by atoms with Crippen LogP contribution >= 0.6 is 0 Å². The Kier molecular flexibility index (Phi) is 4.85. The summed E-state index contributed by atoms with van der Waals surface area (Å²) in [6, 6.07) is 7.87. The number of likely N-dealkylation sites (tertiary alicyclic amines) is 1. The first-order valence-corrected chi connectivity index (χ1v) is 9.53. The highest BCUT2D eigenvalue weighted by atomic mass is 16.5. The molecule has 1 aromatic carbocycles. The summed E-state index contributed by atoms with van der Waals surface area (Å²) in [6.07, 6.45) is 1.02. The third kappa shape index (κ3) is 3.16. The second kappa shape index (κ2) is 7.31. The van der Waals surface area contributed by atoms with Gasteiger partial charge < -0.3 is 9.47 Å². The number of benzene rings is 1.